The van der Waals surface area contributed by atoms with E-state index in [1.165, 1.54) is 17.8 Å². The fourth-order valence-electron chi connectivity index (χ4n) is 2.85. The van der Waals surface area contributed by atoms with Crippen molar-refractivity contribution >= 4 is 23.4 Å². The fourth-order valence-corrected chi connectivity index (χ4v) is 3.61. The summed E-state index contributed by atoms with van der Waals surface area (Å²) >= 11 is 1.17. The summed E-state index contributed by atoms with van der Waals surface area (Å²) in [6.07, 6.45) is 0. The van der Waals surface area contributed by atoms with Crippen LogP contribution in [0.25, 0.3) is 17.1 Å². The molecule has 0 radical (unpaired) electrons. The highest BCUT2D eigenvalue weighted by molar-refractivity contribution is 7.99. The average Bonchev–Trinajstić information content (AvgIpc) is 3.19. The van der Waals surface area contributed by atoms with Crippen molar-refractivity contribution in [3.8, 4) is 17.1 Å². The number of carbonyl (C=O) groups is 1. The lowest BCUT2D eigenvalue weighted by atomic mass is 10.2. The lowest BCUT2D eigenvalue weighted by Gasteiger charge is -2.10. The third-order valence-corrected chi connectivity index (χ3v) is 5.15. The lowest BCUT2D eigenvalue weighted by Crippen LogP contribution is -2.15. The summed E-state index contributed by atoms with van der Waals surface area (Å²) in [6, 6.07) is 22.2. The van der Waals surface area contributed by atoms with Gasteiger partial charge < -0.3 is 5.32 Å². The second kappa shape index (κ2) is 8.87. The molecule has 4 aromatic rings. The van der Waals surface area contributed by atoms with Crippen LogP contribution < -0.4 is 5.32 Å². The molecule has 0 aliphatic carbocycles. The number of halogens is 2. The predicted molar refractivity (Wildman–Crippen MR) is 113 cm³/mol. The first-order valence-electron chi connectivity index (χ1n) is 9.06. The second-order valence-electron chi connectivity index (χ2n) is 6.30. The van der Waals surface area contributed by atoms with Gasteiger partial charge in [-0.1, -0.05) is 60.3 Å². The minimum Gasteiger partial charge on any atom is -0.323 e. The van der Waals surface area contributed by atoms with Crippen molar-refractivity contribution in [1.29, 1.82) is 0 Å². The molecule has 0 bridgehead atoms. The van der Waals surface area contributed by atoms with E-state index in [1.807, 2.05) is 65.2 Å². The number of nitrogens with zero attached hydrogens (tertiary/aromatic N) is 3. The standard InChI is InChI=1S/C22H16F2N4OS/c23-16-11-12-19(18(24)13-16)25-20(29)14-30-22-27-26-21(15-7-3-1-4-8-15)28(22)17-9-5-2-6-10-17/h1-13H,14H2,(H,25,29). The van der Waals surface area contributed by atoms with Gasteiger partial charge in [-0.15, -0.1) is 10.2 Å². The van der Waals surface area contributed by atoms with E-state index in [0.717, 1.165) is 23.4 Å². The Morgan fingerprint density at radius 1 is 0.933 bits per heavy atom. The number of aromatic nitrogens is 3. The van der Waals surface area contributed by atoms with E-state index in [0.29, 0.717) is 11.0 Å². The first-order chi connectivity index (χ1) is 14.6. The quantitative estimate of drug-likeness (QED) is 0.447. The van der Waals surface area contributed by atoms with E-state index in [-0.39, 0.29) is 11.4 Å². The maximum absolute atomic E-state index is 13.8. The summed E-state index contributed by atoms with van der Waals surface area (Å²) in [7, 11) is 0. The van der Waals surface area contributed by atoms with Crippen LogP contribution in [0.3, 0.4) is 0 Å². The van der Waals surface area contributed by atoms with Crippen LogP contribution in [-0.4, -0.2) is 26.4 Å². The fraction of sp³-hybridized carbons (Fsp3) is 0.0455. The minimum atomic E-state index is -0.827. The molecule has 0 aliphatic heterocycles. The highest BCUT2D eigenvalue weighted by Gasteiger charge is 2.17. The second-order valence-corrected chi connectivity index (χ2v) is 7.25. The van der Waals surface area contributed by atoms with Gasteiger partial charge in [0, 0.05) is 17.3 Å². The topological polar surface area (TPSA) is 59.8 Å². The molecule has 3 aromatic carbocycles. The van der Waals surface area contributed by atoms with Gasteiger partial charge in [-0.25, -0.2) is 8.78 Å². The minimum absolute atomic E-state index is 0.0173. The monoisotopic (exact) mass is 422 g/mol. The summed E-state index contributed by atoms with van der Waals surface area (Å²) in [5, 5.41) is 11.5. The molecule has 30 heavy (non-hydrogen) atoms. The van der Waals surface area contributed by atoms with Gasteiger partial charge in [0.05, 0.1) is 11.4 Å². The maximum atomic E-state index is 13.8. The first-order valence-corrected chi connectivity index (χ1v) is 10.0. The number of hydrogen-bond donors (Lipinski definition) is 1. The van der Waals surface area contributed by atoms with Crippen molar-refractivity contribution in [2.24, 2.45) is 0 Å². The molecular weight excluding hydrogens is 406 g/mol. The van der Waals surface area contributed by atoms with Crippen molar-refractivity contribution in [3.05, 3.63) is 90.5 Å². The highest BCUT2D eigenvalue weighted by Crippen LogP contribution is 2.28. The third-order valence-electron chi connectivity index (χ3n) is 4.22. The van der Waals surface area contributed by atoms with Crippen LogP contribution in [0.2, 0.25) is 0 Å². The lowest BCUT2D eigenvalue weighted by molar-refractivity contribution is -0.113. The number of benzene rings is 3. The SMILES string of the molecule is O=C(CSc1nnc(-c2ccccc2)n1-c1ccccc1)Nc1ccc(F)cc1F. The number of anilines is 1. The number of thioether (sulfide) groups is 1. The largest absolute Gasteiger partial charge is 0.323 e. The normalized spacial score (nSPS) is 10.7. The number of amides is 1. The smallest absolute Gasteiger partial charge is 0.234 e. The van der Waals surface area contributed by atoms with Crippen LogP contribution in [-0.2, 0) is 4.79 Å². The van der Waals surface area contributed by atoms with E-state index in [9.17, 15) is 13.6 Å². The number of hydrogen-bond acceptors (Lipinski definition) is 4. The van der Waals surface area contributed by atoms with E-state index in [4.69, 9.17) is 0 Å². The van der Waals surface area contributed by atoms with Crippen LogP contribution in [0.1, 0.15) is 0 Å². The van der Waals surface area contributed by atoms with Crippen molar-refractivity contribution in [2.75, 3.05) is 11.1 Å². The molecule has 0 saturated heterocycles. The summed E-state index contributed by atoms with van der Waals surface area (Å²) in [5.41, 5.74) is 1.67. The summed E-state index contributed by atoms with van der Waals surface area (Å²) in [4.78, 5) is 12.3. The molecule has 1 amide bonds. The average molecular weight is 422 g/mol. The first kappa shape index (κ1) is 19.8. The molecule has 4 rings (SSSR count). The van der Waals surface area contributed by atoms with Crippen LogP contribution in [0, 0.1) is 11.6 Å². The van der Waals surface area contributed by atoms with Crippen LogP contribution >= 0.6 is 11.8 Å². The molecule has 1 heterocycles. The van der Waals surface area contributed by atoms with Crippen molar-refractivity contribution in [1.82, 2.24) is 14.8 Å². The zero-order valence-electron chi connectivity index (χ0n) is 15.6. The molecule has 0 atom stereocenters. The van der Waals surface area contributed by atoms with E-state index >= 15 is 0 Å². The van der Waals surface area contributed by atoms with Gasteiger partial charge in [0.25, 0.3) is 0 Å². The molecule has 0 fully saturated rings. The Kier molecular flexibility index (Phi) is 5.85. The van der Waals surface area contributed by atoms with Gasteiger partial charge >= 0.3 is 0 Å². The molecule has 0 spiro atoms. The molecule has 0 unspecified atom stereocenters. The Bertz CT molecular complexity index is 1170. The third kappa shape index (κ3) is 4.38. The van der Waals surface area contributed by atoms with E-state index in [1.54, 1.807) is 0 Å². The Labute approximate surface area is 175 Å². The Hall–Kier alpha value is -3.52. The molecule has 1 N–H and O–H groups in total. The summed E-state index contributed by atoms with van der Waals surface area (Å²) < 4.78 is 28.7. The van der Waals surface area contributed by atoms with Gasteiger partial charge in [-0.3, -0.25) is 9.36 Å². The molecule has 150 valence electrons. The molecule has 0 aliphatic rings. The van der Waals surface area contributed by atoms with Gasteiger partial charge in [-0.2, -0.15) is 0 Å². The number of rotatable bonds is 6. The summed E-state index contributed by atoms with van der Waals surface area (Å²) in [6.45, 7) is 0. The van der Waals surface area contributed by atoms with Crippen molar-refractivity contribution in [2.45, 2.75) is 5.16 Å². The molecular formula is C22H16F2N4OS. The van der Waals surface area contributed by atoms with Crippen LogP contribution in [0.4, 0.5) is 14.5 Å². The van der Waals surface area contributed by atoms with Crippen molar-refractivity contribution in [3.63, 3.8) is 0 Å². The molecule has 0 saturated carbocycles. The molecule has 8 heteroatoms. The highest BCUT2D eigenvalue weighted by atomic mass is 32.2. The Morgan fingerprint density at radius 3 is 2.33 bits per heavy atom. The number of para-hydroxylation sites is 1. The molecule has 5 nitrogen and oxygen atoms in total. The Balaban J connectivity index is 1.57. The summed E-state index contributed by atoms with van der Waals surface area (Å²) in [5.74, 6) is -1.34. The Morgan fingerprint density at radius 2 is 1.63 bits per heavy atom. The van der Waals surface area contributed by atoms with E-state index in [2.05, 4.69) is 15.5 Å². The predicted octanol–water partition coefficient (Wildman–Crippen LogP) is 4.94. The van der Waals surface area contributed by atoms with Gasteiger partial charge in [0.15, 0.2) is 11.0 Å². The van der Waals surface area contributed by atoms with Gasteiger partial charge in [-0.05, 0) is 24.3 Å². The zero-order valence-corrected chi connectivity index (χ0v) is 16.4. The van der Waals surface area contributed by atoms with Gasteiger partial charge in [0.1, 0.15) is 11.6 Å². The van der Waals surface area contributed by atoms with Crippen molar-refractivity contribution < 1.29 is 13.6 Å². The number of carbonyl (C=O) groups excluding carboxylic acids is 1. The van der Waals surface area contributed by atoms with Crippen LogP contribution in [0.5, 0.6) is 0 Å². The maximum Gasteiger partial charge on any atom is 0.234 e. The van der Waals surface area contributed by atoms with Gasteiger partial charge in [0.2, 0.25) is 5.91 Å². The van der Waals surface area contributed by atoms with Crippen LogP contribution in [0.15, 0.2) is 84.0 Å². The number of nitrogens with one attached hydrogen (secondary N) is 1. The molecule has 1 aromatic heterocycles. The van der Waals surface area contributed by atoms with E-state index < -0.39 is 17.5 Å². The zero-order chi connectivity index (χ0) is 20.9.